The summed E-state index contributed by atoms with van der Waals surface area (Å²) in [7, 11) is 0. The van der Waals surface area contributed by atoms with E-state index in [2.05, 4.69) is 20.1 Å². The van der Waals surface area contributed by atoms with Gasteiger partial charge in [0.15, 0.2) is 5.82 Å². The summed E-state index contributed by atoms with van der Waals surface area (Å²) >= 11 is 0. The number of benzene rings is 1. The summed E-state index contributed by atoms with van der Waals surface area (Å²) in [5, 5.41) is 7.25. The first-order valence-electron chi connectivity index (χ1n) is 7.35. The van der Waals surface area contributed by atoms with Crippen LogP contribution in [0.5, 0.6) is 0 Å². The van der Waals surface area contributed by atoms with Crippen molar-refractivity contribution in [2.45, 2.75) is 12.5 Å². The minimum Gasteiger partial charge on any atom is -0.379 e. The van der Waals surface area contributed by atoms with Crippen LogP contribution in [0.2, 0.25) is 0 Å². The Balaban J connectivity index is 1.58. The normalized spacial score (nSPS) is 17.8. The Morgan fingerprint density at radius 3 is 2.76 bits per heavy atom. The highest BCUT2D eigenvalue weighted by molar-refractivity contribution is 5.23. The van der Waals surface area contributed by atoms with Gasteiger partial charge in [0.05, 0.1) is 19.3 Å². The smallest absolute Gasteiger partial charge is 0.171 e. The second-order valence-corrected chi connectivity index (χ2v) is 5.23. The van der Waals surface area contributed by atoms with Crippen LogP contribution in [0.25, 0.3) is 0 Å². The van der Waals surface area contributed by atoms with Crippen molar-refractivity contribution < 1.29 is 4.74 Å². The number of nitrogens with one attached hydrogen (secondary N) is 1. The van der Waals surface area contributed by atoms with Gasteiger partial charge in [-0.15, -0.1) is 0 Å². The predicted octanol–water partition coefficient (Wildman–Crippen LogP) is 0.728. The molecular weight excluding hydrogens is 266 g/mol. The molecule has 3 rings (SSSR count). The third kappa shape index (κ3) is 3.66. The Hall–Kier alpha value is -1.76. The standard InChI is InChI=1S/C15H21N5O/c16-14(12-4-2-1-3-5-12)15-17-13(18-19-15)6-7-20-8-10-21-11-9-20/h1-5,14H,6-11,16H2,(H,17,18,19)/t14-/m0/s1. The Kier molecular flexibility index (Phi) is 4.59. The van der Waals surface area contributed by atoms with Gasteiger partial charge in [0, 0.05) is 26.1 Å². The van der Waals surface area contributed by atoms with Crippen LogP contribution in [-0.2, 0) is 11.2 Å². The molecule has 0 bridgehead atoms. The average molecular weight is 287 g/mol. The van der Waals surface area contributed by atoms with E-state index < -0.39 is 0 Å². The van der Waals surface area contributed by atoms with Crippen LogP contribution in [0.1, 0.15) is 23.3 Å². The van der Waals surface area contributed by atoms with Gasteiger partial charge in [-0.1, -0.05) is 30.3 Å². The molecule has 0 spiro atoms. The maximum atomic E-state index is 6.20. The largest absolute Gasteiger partial charge is 0.379 e. The molecular formula is C15H21N5O. The van der Waals surface area contributed by atoms with E-state index in [1.807, 2.05) is 30.3 Å². The molecule has 0 amide bonds. The molecule has 1 aliphatic heterocycles. The first kappa shape index (κ1) is 14.2. The van der Waals surface area contributed by atoms with E-state index >= 15 is 0 Å². The highest BCUT2D eigenvalue weighted by Gasteiger charge is 2.15. The van der Waals surface area contributed by atoms with Gasteiger partial charge < -0.3 is 10.5 Å². The number of nitrogens with zero attached hydrogens (tertiary/aromatic N) is 3. The minimum absolute atomic E-state index is 0.278. The molecule has 6 heteroatoms. The minimum atomic E-state index is -0.278. The van der Waals surface area contributed by atoms with Crippen LogP contribution in [-0.4, -0.2) is 52.9 Å². The van der Waals surface area contributed by atoms with E-state index in [9.17, 15) is 0 Å². The second-order valence-electron chi connectivity index (χ2n) is 5.23. The van der Waals surface area contributed by atoms with Crippen molar-refractivity contribution in [1.29, 1.82) is 0 Å². The Morgan fingerprint density at radius 1 is 1.24 bits per heavy atom. The summed E-state index contributed by atoms with van der Waals surface area (Å²) in [4.78, 5) is 6.90. The summed E-state index contributed by atoms with van der Waals surface area (Å²) in [6.45, 7) is 4.59. The molecule has 1 aromatic heterocycles. The van der Waals surface area contributed by atoms with Crippen molar-refractivity contribution in [1.82, 2.24) is 20.1 Å². The fraction of sp³-hybridized carbons (Fsp3) is 0.467. The molecule has 0 saturated carbocycles. The van der Waals surface area contributed by atoms with Crippen molar-refractivity contribution >= 4 is 0 Å². The topological polar surface area (TPSA) is 80.1 Å². The summed E-state index contributed by atoms with van der Waals surface area (Å²) in [6.07, 6.45) is 0.856. The van der Waals surface area contributed by atoms with Gasteiger partial charge in [-0.3, -0.25) is 10.00 Å². The van der Waals surface area contributed by atoms with Gasteiger partial charge in [-0.05, 0) is 5.56 Å². The van der Waals surface area contributed by atoms with Crippen LogP contribution in [0.15, 0.2) is 30.3 Å². The van der Waals surface area contributed by atoms with E-state index in [4.69, 9.17) is 10.5 Å². The van der Waals surface area contributed by atoms with Crippen LogP contribution in [0.4, 0.5) is 0 Å². The highest BCUT2D eigenvalue weighted by Crippen LogP contribution is 2.15. The molecule has 21 heavy (non-hydrogen) atoms. The van der Waals surface area contributed by atoms with Gasteiger partial charge in [-0.25, -0.2) is 4.98 Å². The molecule has 0 unspecified atom stereocenters. The Morgan fingerprint density at radius 2 is 2.00 bits per heavy atom. The summed E-state index contributed by atoms with van der Waals surface area (Å²) in [6, 6.07) is 9.63. The quantitative estimate of drug-likeness (QED) is 0.847. The zero-order valence-electron chi connectivity index (χ0n) is 12.0. The highest BCUT2D eigenvalue weighted by atomic mass is 16.5. The molecule has 112 valence electrons. The van der Waals surface area contributed by atoms with E-state index in [-0.39, 0.29) is 6.04 Å². The zero-order chi connectivity index (χ0) is 14.5. The predicted molar refractivity (Wildman–Crippen MR) is 79.8 cm³/mol. The monoisotopic (exact) mass is 287 g/mol. The molecule has 1 fully saturated rings. The summed E-state index contributed by atoms with van der Waals surface area (Å²) in [5.74, 6) is 1.54. The lowest BCUT2D eigenvalue weighted by Crippen LogP contribution is -2.37. The molecule has 1 aliphatic rings. The number of ether oxygens (including phenoxy) is 1. The molecule has 2 aromatic rings. The molecule has 3 N–H and O–H groups in total. The van der Waals surface area contributed by atoms with Crippen LogP contribution >= 0.6 is 0 Å². The maximum Gasteiger partial charge on any atom is 0.171 e. The zero-order valence-corrected chi connectivity index (χ0v) is 12.0. The third-order valence-corrected chi connectivity index (χ3v) is 3.75. The van der Waals surface area contributed by atoms with Gasteiger partial charge in [0.25, 0.3) is 0 Å². The van der Waals surface area contributed by atoms with Crippen molar-refractivity contribution in [3.8, 4) is 0 Å². The second kappa shape index (κ2) is 6.80. The van der Waals surface area contributed by atoms with Crippen molar-refractivity contribution in [2.24, 2.45) is 5.73 Å². The fourth-order valence-corrected chi connectivity index (χ4v) is 2.46. The molecule has 6 nitrogen and oxygen atoms in total. The molecule has 0 aliphatic carbocycles. The SMILES string of the molecule is N[C@@H](c1ccccc1)c1n[nH]c(CCN2CCOCC2)n1. The summed E-state index contributed by atoms with van der Waals surface area (Å²) < 4.78 is 5.34. The van der Waals surface area contributed by atoms with Crippen molar-refractivity contribution in [2.75, 3.05) is 32.8 Å². The fourth-order valence-electron chi connectivity index (χ4n) is 2.46. The Bertz CT molecular complexity index is 550. The molecule has 1 aromatic carbocycles. The lowest BCUT2D eigenvalue weighted by molar-refractivity contribution is 0.0382. The van der Waals surface area contributed by atoms with E-state index in [1.54, 1.807) is 0 Å². The number of H-pyrrole nitrogens is 1. The number of hydrogen-bond donors (Lipinski definition) is 2. The first-order valence-corrected chi connectivity index (χ1v) is 7.35. The first-order chi connectivity index (χ1) is 10.3. The van der Waals surface area contributed by atoms with E-state index in [0.717, 1.165) is 50.7 Å². The lowest BCUT2D eigenvalue weighted by atomic mass is 10.1. The number of rotatable bonds is 5. The van der Waals surface area contributed by atoms with E-state index in [1.165, 1.54) is 0 Å². The van der Waals surface area contributed by atoms with Crippen LogP contribution in [0.3, 0.4) is 0 Å². The molecule has 1 atom stereocenters. The number of hydrogen-bond acceptors (Lipinski definition) is 5. The number of morpholine rings is 1. The van der Waals surface area contributed by atoms with Gasteiger partial charge >= 0.3 is 0 Å². The maximum absolute atomic E-state index is 6.20. The van der Waals surface area contributed by atoms with Crippen LogP contribution in [0, 0.1) is 0 Å². The molecule has 2 heterocycles. The average Bonchev–Trinajstić information content (AvgIpc) is 3.03. The van der Waals surface area contributed by atoms with Gasteiger partial charge in [0.1, 0.15) is 5.82 Å². The number of aromatic amines is 1. The lowest BCUT2D eigenvalue weighted by Gasteiger charge is -2.25. The van der Waals surface area contributed by atoms with Gasteiger partial charge in [-0.2, -0.15) is 5.10 Å². The van der Waals surface area contributed by atoms with Crippen molar-refractivity contribution in [3.05, 3.63) is 47.5 Å². The Labute approximate surface area is 124 Å². The summed E-state index contributed by atoms with van der Waals surface area (Å²) in [5.41, 5.74) is 7.22. The van der Waals surface area contributed by atoms with Crippen molar-refractivity contribution in [3.63, 3.8) is 0 Å². The molecule has 0 radical (unpaired) electrons. The van der Waals surface area contributed by atoms with Gasteiger partial charge in [0.2, 0.25) is 0 Å². The number of aromatic nitrogens is 3. The third-order valence-electron chi connectivity index (χ3n) is 3.75. The van der Waals surface area contributed by atoms with E-state index in [0.29, 0.717) is 5.82 Å². The number of nitrogens with two attached hydrogens (primary N) is 1. The van der Waals surface area contributed by atoms with Crippen LogP contribution < -0.4 is 5.73 Å². The molecule has 1 saturated heterocycles.